The zero-order chi connectivity index (χ0) is 13.5. The fourth-order valence-electron chi connectivity index (χ4n) is 2.96. The van der Waals surface area contributed by atoms with Crippen molar-refractivity contribution in [1.29, 1.82) is 0 Å². The van der Waals surface area contributed by atoms with E-state index in [1.54, 1.807) is 10.6 Å². The lowest BCUT2D eigenvalue weighted by molar-refractivity contribution is 0.672. The van der Waals surface area contributed by atoms with E-state index >= 15 is 0 Å². The van der Waals surface area contributed by atoms with E-state index in [4.69, 9.17) is 4.98 Å². The molecule has 4 rings (SSSR count). The minimum Gasteiger partial charge on any atom is -0.293 e. The molecule has 4 heteroatoms. The number of hydrogen-bond acceptors (Lipinski definition) is 2. The van der Waals surface area contributed by atoms with Crippen molar-refractivity contribution < 1.29 is 0 Å². The molecule has 0 spiro atoms. The number of aromatic nitrogens is 3. The molecule has 1 aliphatic carbocycles. The van der Waals surface area contributed by atoms with Crippen molar-refractivity contribution >= 4 is 5.65 Å². The SMILES string of the molecule is O=c1cc(-c2ccccc2)nc2c3c([nH]n12)CCCC3. The molecule has 0 radical (unpaired) electrons. The van der Waals surface area contributed by atoms with Crippen molar-refractivity contribution in [3.05, 3.63) is 58.0 Å². The Kier molecular flexibility index (Phi) is 2.49. The number of hydrogen-bond donors (Lipinski definition) is 1. The zero-order valence-electron chi connectivity index (χ0n) is 11.1. The molecular weight excluding hydrogens is 250 g/mol. The molecular formula is C16H15N3O. The van der Waals surface area contributed by atoms with Crippen LogP contribution in [-0.4, -0.2) is 14.6 Å². The molecule has 1 aromatic carbocycles. The van der Waals surface area contributed by atoms with Crippen LogP contribution in [0.15, 0.2) is 41.2 Å². The van der Waals surface area contributed by atoms with Gasteiger partial charge >= 0.3 is 0 Å². The van der Waals surface area contributed by atoms with E-state index < -0.39 is 0 Å². The van der Waals surface area contributed by atoms with Crippen molar-refractivity contribution in [3.8, 4) is 11.3 Å². The van der Waals surface area contributed by atoms with Crippen LogP contribution >= 0.6 is 0 Å². The van der Waals surface area contributed by atoms with Gasteiger partial charge in [-0.1, -0.05) is 30.3 Å². The Morgan fingerprint density at radius 3 is 2.75 bits per heavy atom. The van der Waals surface area contributed by atoms with Crippen LogP contribution < -0.4 is 5.56 Å². The maximum Gasteiger partial charge on any atom is 0.273 e. The van der Waals surface area contributed by atoms with Crippen LogP contribution in [0.5, 0.6) is 0 Å². The third-order valence-electron chi connectivity index (χ3n) is 3.97. The first-order valence-electron chi connectivity index (χ1n) is 7.02. The van der Waals surface area contributed by atoms with Crippen LogP contribution in [0.25, 0.3) is 16.9 Å². The lowest BCUT2D eigenvalue weighted by Crippen LogP contribution is -2.14. The van der Waals surface area contributed by atoms with Gasteiger partial charge in [-0.3, -0.25) is 9.89 Å². The normalized spacial score (nSPS) is 14.4. The first-order chi connectivity index (χ1) is 9.83. The van der Waals surface area contributed by atoms with E-state index in [0.29, 0.717) is 0 Å². The third-order valence-corrected chi connectivity index (χ3v) is 3.97. The lowest BCUT2D eigenvalue weighted by atomic mass is 9.98. The molecule has 0 atom stereocenters. The number of nitrogens with one attached hydrogen (secondary N) is 1. The molecule has 2 aromatic heterocycles. The Morgan fingerprint density at radius 2 is 1.90 bits per heavy atom. The lowest BCUT2D eigenvalue weighted by Gasteiger charge is -2.08. The largest absolute Gasteiger partial charge is 0.293 e. The van der Waals surface area contributed by atoms with Gasteiger partial charge in [-0.25, -0.2) is 9.50 Å². The summed E-state index contributed by atoms with van der Waals surface area (Å²) in [6.07, 6.45) is 4.37. The van der Waals surface area contributed by atoms with Crippen LogP contribution in [-0.2, 0) is 12.8 Å². The van der Waals surface area contributed by atoms with Gasteiger partial charge in [0.15, 0.2) is 5.65 Å². The van der Waals surface area contributed by atoms with E-state index in [-0.39, 0.29) is 5.56 Å². The zero-order valence-corrected chi connectivity index (χ0v) is 11.1. The fourth-order valence-corrected chi connectivity index (χ4v) is 2.96. The second-order valence-corrected chi connectivity index (χ2v) is 5.28. The van der Waals surface area contributed by atoms with Gasteiger partial charge in [-0.05, 0) is 25.7 Å². The van der Waals surface area contributed by atoms with Crippen LogP contribution in [0.1, 0.15) is 24.1 Å². The van der Waals surface area contributed by atoms with E-state index in [1.807, 2.05) is 30.3 Å². The van der Waals surface area contributed by atoms with Crippen LogP contribution in [0.3, 0.4) is 0 Å². The Balaban J connectivity index is 2.00. The highest BCUT2D eigenvalue weighted by Crippen LogP contribution is 2.24. The summed E-state index contributed by atoms with van der Waals surface area (Å²) in [5, 5.41) is 3.20. The predicted octanol–water partition coefficient (Wildman–Crippen LogP) is 2.57. The standard InChI is InChI=1S/C16H15N3O/c20-15-10-14(11-6-2-1-3-7-11)17-16-12-8-4-5-9-13(12)18-19(15)16/h1-3,6-7,10,18H,4-5,8-9H2. The summed E-state index contributed by atoms with van der Waals surface area (Å²) >= 11 is 0. The monoisotopic (exact) mass is 265 g/mol. The minimum atomic E-state index is -0.0387. The predicted molar refractivity (Wildman–Crippen MR) is 77.9 cm³/mol. The van der Waals surface area contributed by atoms with Crippen molar-refractivity contribution in [2.45, 2.75) is 25.7 Å². The van der Waals surface area contributed by atoms with Gasteiger partial charge in [-0.2, -0.15) is 0 Å². The third kappa shape index (κ3) is 1.68. The molecule has 0 bridgehead atoms. The Morgan fingerprint density at radius 1 is 1.10 bits per heavy atom. The molecule has 0 saturated carbocycles. The average molecular weight is 265 g/mol. The van der Waals surface area contributed by atoms with Crippen molar-refractivity contribution in [1.82, 2.24) is 14.6 Å². The number of rotatable bonds is 1. The van der Waals surface area contributed by atoms with Crippen molar-refractivity contribution in [3.63, 3.8) is 0 Å². The van der Waals surface area contributed by atoms with E-state index in [0.717, 1.165) is 29.7 Å². The highest BCUT2D eigenvalue weighted by atomic mass is 16.1. The Labute approximate surface area is 116 Å². The minimum absolute atomic E-state index is 0.0387. The number of aromatic amines is 1. The summed E-state index contributed by atoms with van der Waals surface area (Å²) in [5.41, 5.74) is 4.88. The van der Waals surface area contributed by atoms with Crippen molar-refractivity contribution in [2.24, 2.45) is 0 Å². The van der Waals surface area contributed by atoms with Gasteiger partial charge in [0.25, 0.3) is 5.56 Å². The molecule has 1 aliphatic rings. The van der Waals surface area contributed by atoms with Gasteiger partial charge < -0.3 is 0 Å². The summed E-state index contributed by atoms with van der Waals surface area (Å²) in [7, 11) is 0. The smallest absolute Gasteiger partial charge is 0.273 e. The topological polar surface area (TPSA) is 50.2 Å². The van der Waals surface area contributed by atoms with Crippen LogP contribution in [0.2, 0.25) is 0 Å². The molecule has 2 heterocycles. The van der Waals surface area contributed by atoms with E-state index in [9.17, 15) is 4.79 Å². The molecule has 4 nitrogen and oxygen atoms in total. The number of nitrogens with zero attached hydrogens (tertiary/aromatic N) is 2. The Bertz CT molecular complexity index is 830. The maximum absolute atomic E-state index is 12.3. The Hall–Kier alpha value is -2.36. The first-order valence-corrected chi connectivity index (χ1v) is 7.02. The number of benzene rings is 1. The van der Waals surface area contributed by atoms with Crippen molar-refractivity contribution in [2.75, 3.05) is 0 Å². The number of aryl methyl sites for hydroxylation is 2. The molecule has 20 heavy (non-hydrogen) atoms. The second-order valence-electron chi connectivity index (χ2n) is 5.28. The van der Waals surface area contributed by atoms with Crippen LogP contribution in [0.4, 0.5) is 0 Å². The molecule has 1 N–H and O–H groups in total. The van der Waals surface area contributed by atoms with E-state index in [1.165, 1.54) is 24.1 Å². The van der Waals surface area contributed by atoms with Gasteiger partial charge in [0.05, 0.1) is 5.69 Å². The summed E-state index contributed by atoms with van der Waals surface area (Å²) in [5.74, 6) is 0. The summed E-state index contributed by atoms with van der Waals surface area (Å²) in [6.45, 7) is 0. The van der Waals surface area contributed by atoms with Crippen LogP contribution in [0, 0.1) is 0 Å². The summed E-state index contributed by atoms with van der Waals surface area (Å²) in [4.78, 5) is 17.0. The molecule has 0 fully saturated rings. The quantitative estimate of drug-likeness (QED) is 0.735. The molecule has 100 valence electrons. The molecule has 0 amide bonds. The van der Waals surface area contributed by atoms with Gasteiger partial charge in [0, 0.05) is 22.9 Å². The summed E-state index contributed by atoms with van der Waals surface area (Å²) < 4.78 is 1.59. The molecule has 0 saturated heterocycles. The highest BCUT2D eigenvalue weighted by Gasteiger charge is 2.18. The number of fused-ring (bicyclic) bond motifs is 3. The number of H-pyrrole nitrogens is 1. The fraction of sp³-hybridized carbons (Fsp3) is 0.250. The summed E-state index contributed by atoms with van der Waals surface area (Å²) in [6, 6.07) is 11.5. The van der Waals surface area contributed by atoms with Gasteiger partial charge in [-0.15, -0.1) is 0 Å². The second kappa shape index (κ2) is 4.34. The average Bonchev–Trinajstić information content (AvgIpc) is 2.88. The first kappa shape index (κ1) is 11.5. The van der Waals surface area contributed by atoms with Gasteiger partial charge in [0.2, 0.25) is 0 Å². The van der Waals surface area contributed by atoms with Gasteiger partial charge in [0.1, 0.15) is 0 Å². The molecule has 3 aromatic rings. The molecule has 0 aliphatic heterocycles. The highest BCUT2D eigenvalue weighted by molar-refractivity contribution is 5.63. The van der Waals surface area contributed by atoms with E-state index in [2.05, 4.69) is 5.10 Å². The molecule has 0 unspecified atom stereocenters. The maximum atomic E-state index is 12.3.